The maximum Gasteiger partial charge on any atom is 0.236 e. The second-order valence-corrected chi connectivity index (χ2v) is 6.92. The van der Waals surface area contributed by atoms with E-state index in [1.807, 2.05) is 48.7 Å². The maximum atomic E-state index is 12.5. The fourth-order valence-electron chi connectivity index (χ4n) is 2.99. The van der Waals surface area contributed by atoms with E-state index in [1.165, 1.54) is 0 Å². The van der Waals surface area contributed by atoms with Gasteiger partial charge >= 0.3 is 0 Å². The van der Waals surface area contributed by atoms with Gasteiger partial charge in [-0.15, -0.1) is 11.3 Å². The summed E-state index contributed by atoms with van der Waals surface area (Å²) in [7, 11) is 0. The molecule has 1 amide bonds. The van der Waals surface area contributed by atoms with Gasteiger partial charge in [-0.1, -0.05) is 24.3 Å². The molecule has 0 aliphatic carbocycles. The lowest BCUT2D eigenvalue weighted by atomic mass is 10.0. The molecule has 0 radical (unpaired) electrons. The van der Waals surface area contributed by atoms with Crippen molar-refractivity contribution in [2.75, 3.05) is 6.61 Å². The Labute approximate surface area is 149 Å². The Morgan fingerprint density at radius 3 is 3.04 bits per heavy atom. The number of rotatable bonds is 4. The number of ether oxygens (including phenoxy) is 1. The van der Waals surface area contributed by atoms with E-state index < -0.39 is 0 Å². The van der Waals surface area contributed by atoms with Crippen molar-refractivity contribution >= 4 is 17.2 Å². The lowest BCUT2D eigenvalue weighted by Crippen LogP contribution is -2.33. The summed E-state index contributed by atoms with van der Waals surface area (Å²) in [6.45, 7) is 2.45. The van der Waals surface area contributed by atoms with Gasteiger partial charge in [0, 0.05) is 12.0 Å². The minimum absolute atomic E-state index is 0.0265. The van der Waals surface area contributed by atoms with Crippen LogP contribution < -0.4 is 10.1 Å². The SMILES string of the molecule is Cc1oc(-c2cccs2)nc1CC(=O)NC1CCOc2ccccc21. The van der Waals surface area contributed by atoms with E-state index >= 15 is 0 Å². The largest absolute Gasteiger partial charge is 0.493 e. The van der Waals surface area contributed by atoms with Crippen molar-refractivity contribution in [1.29, 1.82) is 0 Å². The second kappa shape index (κ2) is 6.72. The van der Waals surface area contributed by atoms with Crippen LogP contribution in [0.25, 0.3) is 10.8 Å². The first-order chi connectivity index (χ1) is 12.2. The molecule has 0 spiro atoms. The van der Waals surface area contributed by atoms with E-state index in [1.54, 1.807) is 11.3 Å². The standard InChI is InChI=1S/C19H18N2O3S/c1-12-15(21-19(24-12)17-7-4-10-25-17)11-18(22)20-14-8-9-23-16-6-3-2-5-13(14)16/h2-7,10,14H,8-9,11H2,1H3,(H,20,22). The predicted octanol–water partition coefficient (Wildman–Crippen LogP) is 3.89. The molecule has 0 saturated carbocycles. The number of amides is 1. The van der Waals surface area contributed by atoms with E-state index in [0.29, 0.717) is 24.0 Å². The number of para-hydroxylation sites is 1. The number of carbonyl (C=O) groups excluding carboxylic acids is 1. The topological polar surface area (TPSA) is 64.4 Å². The molecule has 0 bridgehead atoms. The first-order valence-corrected chi connectivity index (χ1v) is 9.10. The van der Waals surface area contributed by atoms with Crippen LogP contribution in [0.1, 0.15) is 29.5 Å². The Kier molecular flexibility index (Phi) is 4.28. The molecule has 3 heterocycles. The molecule has 1 unspecified atom stereocenters. The molecule has 1 aliphatic heterocycles. The molecule has 1 N–H and O–H groups in total. The van der Waals surface area contributed by atoms with Gasteiger partial charge < -0.3 is 14.5 Å². The molecule has 3 aromatic rings. The fraction of sp³-hybridized carbons (Fsp3) is 0.263. The van der Waals surface area contributed by atoms with Crippen molar-refractivity contribution in [2.24, 2.45) is 0 Å². The number of oxazole rings is 1. The molecule has 128 valence electrons. The number of hydrogen-bond donors (Lipinski definition) is 1. The van der Waals surface area contributed by atoms with Crippen LogP contribution >= 0.6 is 11.3 Å². The molecule has 6 heteroatoms. The number of aromatic nitrogens is 1. The summed E-state index contributed by atoms with van der Waals surface area (Å²) in [5.74, 6) is 2.05. The highest BCUT2D eigenvalue weighted by molar-refractivity contribution is 7.13. The normalized spacial score (nSPS) is 16.1. The molecule has 4 rings (SSSR count). The highest BCUT2D eigenvalue weighted by Crippen LogP contribution is 2.31. The van der Waals surface area contributed by atoms with Gasteiger partial charge in [0.15, 0.2) is 0 Å². The number of hydrogen-bond acceptors (Lipinski definition) is 5. The van der Waals surface area contributed by atoms with Gasteiger partial charge in [0.1, 0.15) is 11.5 Å². The summed E-state index contributed by atoms with van der Waals surface area (Å²) in [6, 6.07) is 11.7. The third kappa shape index (κ3) is 3.30. The minimum Gasteiger partial charge on any atom is -0.493 e. The Hall–Kier alpha value is -2.60. The van der Waals surface area contributed by atoms with Crippen molar-refractivity contribution in [2.45, 2.75) is 25.8 Å². The highest BCUT2D eigenvalue weighted by atomic mass is 32.1. The summed E-state index contributed by atoms with van der Waals surface area (Å²) >= 11 is 1.57. The molecule has 2 aromatic heterocycles. The highest BCUT2D eigenvalue weighted by Gasteiger charge is 2.23. The zero-order valence-corrected chi connectivity index (χ0v) is 14.6. The summed E-state index contributed by atoms with van der Waals surface area (Å²) in [5.41, 5.74) is 1.71. The van der Waals surface area contributed by atoms with Crippen molar-refractivity contribution in [1.82, 2.24) is 10.3 Å². The van der Waals surface area contributed by atoms with Crippen molar-refractivity contribution in [3.05, 3.63) is 58.8 Å². The number of nitrogens with zero attached hydrogens (tertiary/aromatic N) is 1. The summed E-state index contributed by atoms with van der Waals surface area (Å²) < 4.78 is 11.3. The Morgan fingerprint density at radius 1 is 1.32 bits per heavy atom. The third-order valence-corrected chi connectivity index (χ3v) is 5.10. The monoisotopic (exact) mass is 354 g/mol. The Morgan fingerprint density at radius 2 is 2.20 bits per heavy atom. The van der Waals surface area contributed by atoms with Crippen molar-refractivity contribution in [3.8, 4) is 16.5 Å². The predicted molar refractivity (Wildman–Crippen MR) is 95.7 cm³/mol. The quantitative estimate of drug-likeness (QED) is 0.772. The van der Waals surface area contributed by atoms with Crippen LogP contribution in [-0.2, 0) is 11.2 Å². The minimum atomic E-state index is -0.0594. The number of benzene rings is 1. The maximum absolute atomic E-state index is 12.5. The molecular formula is C19H18N2O3S. The Bertz CT molecular complexity index is 886. The lowest BCUT2D eigenvalue weighted by Gasteiger charge is -2.26. The van der Waals surface area contributed by atoms with Crippen LogP contribution in [-0.4, -0.2) is 17.5 Å². The molecule has 1 aromatic carbocycles. The first-order valence-electron chi connectivity index (χ1n) is 8.22. The van der Waals surface area contributed by atoms with E-state index in [-0.39, 0.29) is 18.4 Å². The number of carbonyl (C=O) groups is 1. The fourth-order valence-corrected chi connectivity index (χ4v) is 3.64. The molecule has 5 nitrogen and oxygen atoms in total. The average molecular weight is 354 g/mol. The van der Waals surface area contributed by atoms with Gasteiger partial charge in [-0.25, -0.2) is 4.98 Å². The third-order valence-electron chi connectivity index (χ3n) is 4.25. The average Bonchev–Trinajstić information content (AvgIpc) is 3.26. The number of thiophene rings is 1. The van der Waals surface area contributed by atoms with Crippen LogP contribution in [0.15, 0.2) is 46.2 Å². The summed E-state index contributed by atoms with van der Waals surface area (Å²) in [4.78, 5) is 18.0. The zero-order valence-electron chi connectivity index (χ0n) is 13.8. The number of aryl methyl sites for hydroxylation is 1. The lowest BCUT2D eigenvalue weighted by molar-refractivity contribution is -0.121. The molecule has 0 saturated heterocycles. The van der Waals surface area contributed by atoms with E-state index in [9.17, 15) is 4.79 Å². The zero-order chi connectivity index (χ0) is 17.2. The van der Waals surface area contributed by atoms with Gasteiger partial charge in [-0.3, -0.25) is 4.79 Å². The smallest absolute Gasteiger partial charge is 0.236 e. The van der Waals surface area contributed by atoms with Crippen LogP contribution in [0.3, 0.4) is 0 Å². The van der Waals surface area contributed by atoms with E-state index in [4.69, 9.17) is 9.15 Å². The molecular weight excluding hydrogens is 336 g/mol. The number of nitrogens with one attached hydrogen (secondary N) is 1. The van der Waals surface area contributed by atoms with Crippen molar-refractivity contribution in [3.63, 3.8) is 0 Å². The number of fused-ring (bicyclic) bond motifs is 1. The van der Waals surface area contributed by atoms with Gasteiger partial charge in [-0.05, 0) is 24.4 Å². The van der Waals surface area contributed by atoms with Crippen LogP contribution in [0.4, 0.5) is 0 Å². The molecule has 0 fully saturated rings. The van der Waals surface area contributed by atoms with Crippen LogP contribution in [0, 0.1) is 6.92 Å². The van der Waals surface area contributed by atoms with Gasteiger partial charge in [0.25, 0.3) is 0 Å². The van der Waals surface area contributed by atoms with Gasteiger partial charge in [0.2, 0.25) is 11.8 Å². The summed E-state index contributed by atoms with van der Waals surface area (Å²) in [6.07, 6.45) is 0.973. The van der Waals surface area contributed by atoms with E-state index in [2.05, 4.69) is 10.3 Å². The molecule has 25 heavy (non-hydrogen) atoms. The van der Waals surface area contributed by atoms with Crippen molar-refractivity contribution < 1.29 is 13.9 Å². The van der Waals surface area contributed by atoms with Gasteiger partial charge in [0.05, 0.1) is 29.6 Å². The van der Waals surface area contributed by atoms with E-state index in [0.717, 1.165) is 22.6 Å². The summed E-state index contributed by atoms with van der Waals surface area (Å²) in [5, 5.41) is 5.07. The van der Waals surface area contributed by atoms with Crippen LogP contribution in [0.2, 0.25) is 0 Å². The van der Waals surface area contributed by atoms with Gasteiger partial charge in [-0.2, -0.15) is 0 Å². The van der Waals surface area contributed by atoms with Crippen LogP contribution in [0.5, 0.6) is 5.75 Å². The second-order valence-electron chi connectivity index (χ2n) is 5.97. The first kappa shape index (κ1) is 15.9. The molecule has 1 atom stereocenters. The molecule has 1 aliphatic rings. The Balaban J connectivity index is 1.47.